The quantitative estimate of drug-likeness (QED) is 0.154. The van der Waals surface area contributed by atoms with Gasteiger partial charge in [-0.05, 0) is 103 Å². The maximum absolute atomic E-state index is 5.38. The molecule has 0 saturated heterocycles. The molecule has 11 rings (SSSR count). The molecule has 0 amide bonds. The summed E-state index contributed by atoms with van der Waals surface area (Å²) in [6.45, 7) is 0. The van der Waals surface area contributed by atoms with Gasteiger partial charge in [-0.1, -0.05) is 188 Å². The van der Waals surface area contributed by atoms with Crippen molar-refractivity contribution in [2.45, 2.75) is 0 Å². The van der Waals surface area contributed by atoms with Crippen LogP contribution in [0.5, 0.6) is 0 Å². The van der Waals surface area contributed by atoms with Gasteiger partial charge in [-0.2, -0.15) is 0 Å². The summed E-state index contributed by atoms with van der Waals surface area (Å²) >= 11 is 0. The number of nitrogens with zero attached hydrogens (tertiary/aromatic N) is 2. The Morgan fingerprint density at radius 3 is 1.46 bits per heavy atom. The SMILES string of the molecule is c1ccc(-c2ccc(-c3ccc(N(c4cc(-c5cccc(-c6ccccc6)n5)c5c(c4)-c4cccc6cccc-5c46)c4ccccc4-c4ccccc4)cc3)cc2)cc1. The highest BCUT2D eigenvalue weighted by atomic mass is 15.1. The first kappa shape index (κ1) is 34.4. The molecule has 59 heavy (non-hydrogen) atoms. The summed E-state index contributed by atoms with van der Waals surface area (Å²) in [5.41, 5.74) is 19.4. The minimum atomic E-state index is 0.944. The Bertz CT molecular complexity index is 3110. The molecule has 0 aliphatic heterocycles. The third-order valence-corrected chi connectivity index (χ3v) is 11.6. The first-order valence-electron chi connectivity index (χ1n) is 20.2. The zero-order chi connectivity index (χ0) is 39.1. The number of benzene rings is 9. The predicted octanol–water partition coefficient (Wildman–Crippen LogP) is 15.7. The Labute approximate surface area is 345 Å². The van der Waals surface area contributed by atoms with Gasteiger partial charge in [0, 0.05) is 28.1 Å². The molecule has 0 saturated carbocycles. The second-order valence-corrected chi connectivity index (χ2v) is 15.1. The Kier molecular flexibility index (Phi) is 8.52. The molecule has 0 N–H and O–H groups in total. The molecule has 10 aromatic rings. The summed E-state index contributed by atoms with van der Waals surface area (Å²) in [4.78, 5) is 7.81. The highest BCUT2D eigenvalue weighted by Crippen LogP contribution is 2.54. The highest BCUT2D eigenvalue weighted by molar-refractivity contribution is 6.19. The fraction of sp³-hybridized carbons (Fsp3) is 0. The van der Waals surface area contributed by atoms with Crippen LogP contribution in [-0.2, 0) is 0 Å². The third kappa shape index (κ3) is 6.19. The minimum absolute atomic E-state index is 0.944. The zero-order valence-electron chi connectivity index (χ0n) is 32.3. The lowest BCUT2D eigenvalue weighted by Crippen LogP contribution is -2.12. The van der Waals surface area contributed by atoms with Gasteiger partial charge in [-0.3, -0.25) is 0 Å². The van der Waals surface area contributed by atoms with E-state index in [4.69, 9.17) is 4.98 Å². The van der Waals surface area contributed by atoms with Crippen LogP contribution in [0.4, 0.5) is 17.1 Å². The molecule has 0 atom stereocenters. The molecule has 0 fully saturated rings. The lowest BCUT2D eigenvalue weighted by molar-refractivity contribution is 1.28. The number of para-hydroxylation sites is 1. The number of rotatable bonds is 8. The lowest BCUT2D eigenvalue weighted by atomic mass is 9.93. The normalized spacial score (nSPS) is 11.4. The van der Waals surface area contributed by atoms with Gasteiger partial charge >= 0.3 is 0 Å². The average molecular weight is 751 g/mol. The molecule has 2 nitrogen and oxygen atoms in total. The van der Waals surface area contributed by atoms with Gasteiger partial charge in [-0.25, -0.2) is 4.98 Å². The van der Waals surface area contributed by atoms with Gasteiger partial charge in [0.1, 0.15) is 0 Å². The number of fused-ring (bicyclic) bond motifs is 3. The van der Waals surface area contributed by atoms with Gasteiger partial charge in [0.2, 0.25) is 0 Å². The Morgan fingerprint density at radius 1 is 0.288 bits per heavy atom. The fourth-order valence-corrected chi connectivity index (χ4v) is 8.84. The smallest absolute Gasteiger partial charge is 0.0716 e. The molecule has 0 unspecified atom stereocenters. The molecule has 276 valence electrons. The molecule has 1 aliphatic carbocycles. The Morgan fingerprint density at radius 2 is 0.780 bits per heavy atom. The van der Waals surface area contributed by atoms with E-state index >= 15 is 0 Å². The van der Waals surface area contributed by atoms with Crippen molar-refractivity contribution in [1.82, 2.24) is 4.98 Å². The summed E-state index contributed by atoms with van der Waals surface area (Å²) in [6.07, 6.45) is 0. The number of hydrogen-bond acceptors (Lipinski definition) is 2. The molecule has 1 heterocycles. The van der Waals surface area contributed by atoms with E-state index in [9.17, 15) is 0 Å². The summed E-state index contributed by atoms with van der Waals surface area (Å²) in [6, 6.07) is 82.9. The number of anilines is 3. The van der Waals surface area contributed by atoms with E-state index in [2.05, 4.69) is 235 Å². The van der Waals surface area contributed by atoms with Crippen LogP contribution in [0.25, 0.3) is 88.9 Å². The van der Waals surface area contributed by atoms with Gasteiger partial charge < -0.3 is 4.90 Å². The van der Waals surface area contributed by atoms with E-state index in [1.807, 2.05) is 0 Å². The summed E-state index contributed by atoms with van der Waals surface area (Å²) in [5.74, 6) is 0. The van der Waals surface area contributed by atoms with Crippen LogP contribution < -0.4 is 4.90 Å². The topological polar surface area (TPSA) is 16.1 Å². The second kappa shape index (κ2) is 14.6. The maximum atomic E-state index is 5.38. The first-order chi connectivity index (χ1) is 29.3. The van der Waals surface area contributed by atoms with Crippen LogP contribution in [0.1, 0.15) is 0 Å². The zero-order valence-corrected chi connectivity index (χ0v) is 32.3. The highest BCUT2D eigenvalue weighted by Gasteiger charge is 2.28. The van der Waals surface area contributed by atoms with Crippen molar-refractivity contribution >= 4 is 27.8 Å². The van der Waals surface area contributed by atoms with Gasteiger partial charge in [-0.15, -0.1) is 0 Å². The van der Waals surface area contributed by atoms with Crippen molar-refractivity contribution in [1.29, 1.82) is 0 Å². The van der Waals surface area contributed by atoms with E-state index in [1.165, 1.54) is 60.8 Å². The average Bonchev–Trinajstić information content (AvgIpc) is 3.65. The van der Waals surface area contributed by atoms with Crippen molar-refractivity contribution in [3.05, 3.63) is 231 Å². The predicted molar refractivity (Wildman–Crippen MR) is 248 cm³/mol. The summed E-state index contributed by atoms with van der Waals surface area (Å²) in [5, 5.41) is 2.54. The van der Waals surface area contributed by atoms with Crippen LogP contribution >= 0.6 is 0 Å². The largest absolute Gasteiger partial charge is 0.310 e. The summed E-state index contributed by atoms with van der Waals surface area (Å²) < 4.78 is 0. The molecule has 9 aromatic carbocycles. The van der Waals surface area contributed by atoms with Crippen molar-refractivity contribution in [2.24, 2.45) is 0 Å². The van der Waals surface area contributed by atoms with Crippen LogP contribution in [0, 0.1) is 0 Å². The van der Waals surface area contributed by atoms with Crippen molar-refractivity contribution in [2.75, 3.05) is 4.90 Å². The maximum Gasteiger partial charge on any atom is 0.0716 e. The second-order valence-electron chi connectivity index (χ2n) is 15.1. The lowest BCUT2D eigenvalue weighted by Gasteiger charge is -2.29. The minimum Gasteiger partial charge on any atom is -0.310 e. The fourth-order valence-electron chi connectivity index (χ4n) is 8.84. The molecule has 2 heteroatoms. The van der Waals surface area contributed by atoms with Crippen LogP contribution in [0.2, 0.25) is 0 Å². The monoisotopic (exact) mass is 750 g/mol. The van der Waals surface area contributed by atoms with Crippen LogP contribution in [0.3, 0.4) is 0 Å². The number of pyridine rings is 1. The summed E-state index contributed by atoms with van der Waals surface area (Å²) in [7, 11) is 0. The van der Waals surface area contributed by atoms with Gasteiger partial charge in [0.25, 0.3) is 0 Å². The Hall–Kier alpha value is -7.81. The molecule has 0 spiro atoms. The van der Waals surface area contributed by atoms with Crippen LogP contribution in [0.15, 0.2) is 231 Å². The molecule has 0 radical (unpaired) electrons. The Balaban J connectivity index is 1.12. The van der Waals surface area contributed by atoms with Gasteiger partial charge in [0.15, 0.2) is 0 Å². The number of hydrogen-bond donors (Lipinski definition) is 0. The van der Waals surface area contributed by atoms with E-state index in [1.54, 1.807) is 0 Å². The van der Waals surface area contributed by atoms with E-state index in [0.29, 0.717) is 0 Å². The van der Waals surface area contributed by atoms with E-state index in [-0.39, 0.29) is 0 Å². The number of aromatic nitrogens is 1. The van der Waals surface area contributed by atoms with E-state index < -0.39 is 0 Å². The molecule has 0 bridgehead atoms. The van der Waals surface area contributed by atoms with Crippen molar-refractivity contribution in [3.63, 3.8) is 0 Å². The first-order valence-corrected chi connectivity index (χ1v) is 20.2. The molecular formula is C57H38N2. The van der Waals surface area contributed by atoms with Crippen molar-refractivity contribution in [3.8, 4) is 78.1 Å². The molecular weight excluding hydrogens is 713 g/mol. The van der Waals surface area contributed by atoms with Crippen molar-refractivity contribution < 1.29 is 0 Å². The van der Waals surface area contributed by atoms with Gasteiger partial charge in [0.05, 0.1) is 17.1 Å². The standard InChI is InChI=1S/C57H38N2/c1-4-15-39(16-5-1)40-29-31-41(32-30-40)42-33-35-46(36-34-42)59(55-28-11-10-23-48(55)43-17-6-2-7-18-43)47-37-51-49-24-12-21-45-22-13-25-50(56(45)49)57(51)52(38-47)54-27-14-26-53(58-54)44-19-8-3-9-20-44/h1-38H. The third-order valence-electron chi connectivity index (χ3n) is 11.6. The molecule has 1 aromatic heterocycles. The van der Waals surface area contributed by atoms with E-state index in [0.717, 1.165) is 45.1 Å². The van der Waals surface area contributed by atoms with Crippen LogP contribution in [-0.4, -0.2) is 4.98 Å². The molecule has 1 aliphatic rings.